The highest BCUT2D eigenvalue weighted by Crippen LogP contribution is 2.29. The zero-order valence-electron chi connectivity index (χ0n) is 24.1. The molecule has 0 spiro atoms. The summed E-state index contributed by atoms with van der Waals surface area (Å²) < 4.78 is 23.6. The lowest BCUT2D eigenvalue weighted by Crippen LogP contribution is -2.38. The predicted octanol–water partition coefficient (Wildman–Crippen LogP) is 1.78. The van der Waals surface area contributed by atoms with Crippen molar-refractivity contribution in [2.24, 2.45) is 0 Å². The summed E-state index contributed by atoms with van der Waals surface area (Å²) in [5, 5.41) is 43.0. The van der Waals surface area contributed by atoms with E-state index in [2.05, 4.69) is 0 Å². The number of para-hydroxylation sites is 4. The van der Waals surface area contributed by atoms with Gasteiger partial charge in [0.15, 0.2) is 23.0 Å². The van der Waals surface area contributed by atoms with E-state index in [0.717, 1.165) is 0 Å². The molecule has 4 N–H and O–H groups in total. The highest BCUT2D eigenvalue weighted by atomic mass is 16.5. The molecular weight excluding hydrogens is 516 g/mol. The van der Waals surface area contributed by atoms with Crippen LogP contribution in [0, 0.1) is 0 Å². The van der Waals surface area contributed by atoms with E-state index in [1.807, 2.05) is 62.3 Å². The maximum absolute atomic E-state index is 10.7. The van der Waals surface area contributed by atoms with Crippen LogP contribution in [0.2, 0.25) is 0 Å². The molecule has 0 radical (unpaired) electrons. The zero-order valence-corrected chi connectivity index (χ0v) is 24.1. The van der Waals surface area contributed by atoms with Crippen LogP contribution in [0.25, 0.3) is 0 Å². The van der Waals surface area contributed by atoms with Gasteiger partial charge in [0, 0.05) is 12.1 Å². The van der Waals surface area contributed by atoms with Crippen molar-refractivity contribution < 1.29 is 39.4 Å². The quantitative estimate of drug-likeness (QED) is 0.431. The summed E-state index contributed by atoms with van der Waals surface area (Å²) in [7, 11) is 7.61. The lowest BCUT2D eigenvalue weighted by molar-refractivity contribution is 0.0333. The van der Waals surface area contributed by atoms with E-state index in [1.165, 1.54) is 0 Å². The minimum Gasteiger partial charge on any atom is -0.487 e. The van der Waals surface area contributed by atoms with Gasteiger partial charge in [-0.25, -0.2) is 0 Å². The molecule has 0 saturated carbocycles. The molecule has 0 bridgehead atoms. The number of rotatable bonds is 2. The van der Waals surface area contributed by atoms with Gasteiger partial charge in [-0.3, -0.25) is 0 Å². The molecule has 224 valence electrons. The zero-order chi connectivity index (χ0) is 29.1. The van der Waals surface area contributed by atoms with Gasteiger partial charge in [-0.15, -0.1) is 0 Å². The molecule has 4 unspecified atom stereocenters. The Morgan fingerprint density at radius 3 is 0.900 bits per heavy atom. The van der Waals surface area contributed by atoms with E-state index in [4.69, 9.17) is 18.9 Å². The van der Waals surface area contributed by atoms with Crippen LogP contribution in [0.4, 0.5) is 0 Å². The van der Waals surface area contributed by atoms with Crippen molar-refractivity contribution in [1.29, 1.82) is 0 Å². The Balaban J connectivity index is 1.78. The lowest BCUT2D eigenvalue weighted by Gasteiger charge is -2.29. The van der Waals surface area contributed by atoms with Gasteiger partial charge >= 0.3 is 0 Å². The second-order valence-electron chi connectivity index (χ2n) is 10.9. The molecule has 2 aromatic carbocycles. The van der Waals surface area contributed by atoms with Crippen LogP contribution < -0.4 is 18.9 Å². The maximum atomic E-state index is 10.7. The summed E-state index contributed by atoms with van der Waals surface area (Å²) in [5.41, 5.74) is 0. The molecule has 1 aliphatic rings. The summed E-state index contributed by atoms with van der Waals surface area (Å²) in [6, 6.07) is 14.1. The largest absolute Gasteiger partial charge is 0.487 e. The van der Waals surface area contributed by atoms with E-state index in [9.17, 15) is 20.4 Å². The molecule has 0 saturated heterocycles. The fourth-order valence-corrected chi connectivity index (χ4v) is 4.69. The Hall–Kier alpha value is -2.60. The van der Waals surface area contributed by atoms with Gasteiger partial charge in [0.2, 0.25) is 0 Å². The van der Waals surface area contributed by atoms with Crippen molar-refractivity contribution in [3.63, 3.8) is 0 Å². The van der Waals surface area contributed by atoms with Gasteiger partial charge in [-0.1, -0.05) is 24.3 Å². The van der Waals surface area contributed by atoms with Crippen molar-refractivity contribution in [2.45, 2.75) is 62.2 Å². The summed E-state index contributed by atoms with van der Waals surface area (Å²) in [4.78, 5) is 3.92. The number of fused-ring (bicyclic) bond motifs is 2. The van der Waals surface area contributed by atoms with Crippen LogP contribution in [0.5, 0.6) is 23.0 Å². The summed E-state index contributed by atoms with van der Waals surface area (Å²) in [6.07, 6.45) is -1.58. The minimum atomic E-state index is -0.779. The molecule has 3 rings (SSSR count). The van der Waals surface area contributed by atoms with E-state index in [1.54, 1.807) is 24.3 Å². The molecule has 0 aliphatic carbocycles. The normalized spacial score (nSPS) is 27.9. The van der Waals surface area contributed by atoms with E-state index in [0.29, 0.717) is 48.7 Å². The first-order valence-electron chi connectivity index (χ1n) is 13.9. The second-order valence-corrected chi connectivity index (χ2v) is 10.9. The first-order chi connectivity index (χ1) is 19.1. The highest BCUT2D eigenvalue weighted by Gasteiger charge is 2.24. The molecular formula is C30H46N2O8. The second kappa shape index (κ2) is 16.0. The fraction of sp³-hybridized carbons (Fsp3) is 0.600. The van der Waals surface area contributed by atoms with Crippen LogP contribution in [0.3, 0.4) is 0 Å². The minimum absolute atomic E-state index is 0.0468. The number of hydrogen-bond donors (Lipinski definition) is 4. The third kappa shape index (κ3) is 10.4. The van der Waals surface area contributed by atoms with E-state index in [-0.39, 0.29) is 38.5 Å². The molecule has 10 heteroatoms. The Morgan fingerprint density at radius 2 is 0.700 bits per heavy atom. The Kier molecular flexibility index (Phi) is 12.8. The Bertz CT molecular complexity index is 858. The van der Waals surface area contributed by atoms with Gasteiger partial charge in [0.05, 0.1) is 24.4 Å². The van der Waals surface area contributed by atoms with Crippen LogP contribution in [-0.4, -0.2) is 121 Å². The SMILES string of the molecule is CN(C)C1CC(O)COc2ccccc2OCC(O)CC(N(C)C)CC(O)COc2ccccc2OCC(O)C1. The number of benzene rings is 2. The van der Waals surface area contributed by atoms with Crippen molar-refractivity contribution in [3.05, 3.63) is 48.5 Å². The van der Waals surface area contributed by atoms with Crippen molar-refractivity contribution in [2.75, 3.05) is 54.6 Å². The number of nitrogens with zero attached hydrogens (tertiary/aromatic N) is 2. The average Bonchev–Trinajstić information content (AvgIpc) is 2.92. The number of hydrogen-bond acceptors (Lipinski definition) is 10. The van der Waals surface area contributed by atoms with Gasteiger partial charge < -0.3 is 49.2 Å². The standard InChI is InChI=1S/C30H46N2O8/c1-31(2)21-13-23(33)17-37-27-9-5-7-11-29(27)39-19-25(35)15-22(32(3)4)16-26(36)20-40-30-12-8-6-10-28(30)38-18-24(34)14-21/h5-12,21-26,33-36H,13-20H2,1-4H3. The summed E-state index contributed by atoms with van der Waals surface area (Å²) >= 11 is 0. The van der Waals surface area contributed by atoms with Gasteiger partial charge in [-0.2, -0.15) is 0 Å². The van der Waals surface area contributed by atoms with Crippen LogP contribution >= 0.6 is 0 Å². The third-order valence-corrected chi connectivity index (χ3v) is 7.06. The van der Waals surface area contributed by atoms with E-state index >= 15 is 0 Å². The molecule has 0 amide bonds. The topological polar surface area (TPSA) is 124 Å². The molecule has 2 aromatic rings. The van der Waals surface area contributed by atoms with Crippen LogP contribution in [0.1, 0.15) is 25.7 Å². The Morgan fingerprint density at radius 1 is 0.475 bits per heavy atom. The van der Waals surface area contributed by atoms with E-state index < -0.39 is 24.4 Å². The first kappa shape index (κ1) is 31.9. The smallest absolute Gasteiger partial charge is 0.161 e. The predicted molar refractivity (Wildman–Crippen MR) is 152 cm³/mol. The lowest BCUT2D eigenvalue weighted by atomic mass is 10.0. The molecule has 40 heavy (non-hydrogen) atoms. The number of ether oxygens (including phenoxy) is 4. The average molecular weight is 563 g/mol. The maximum Gasteiger partial charge on any atom is 0.161 e. The first-order valence-corrected chi connectivity index (χ1v) is 13.9. The monoisotopic (exact) mass is 562 g/mol. The van der Waals surface area contributed by atoms with Crippen LogP contribution in [-0.2, 0) is 0 Å². The molecule has 0 aromatic heterocycles. The molecule has 1 heterocycles. The fourth-order valence-electron chi connectivity index (χ4n) is 4.69. The molecule has 4 atom stereocenters. The molecule has 10 nitrogen and oxygen atoms in total. The highest BCUT2D eigenvalue weighted by molar-refractivity contribution is 5.40. The Labute approximate surface area is 237 Å². The molecule has 0 fully saturated rings. The van der Waals surface area contributed by atoms with Gasteiger partial charge in [0.25, 0.3) is 0 Å². The van der Waals surface area contributed by atoms with Crippen molar-refractivity contribution in [1.82, 2.24) is 9.80 Å². The number of aliphatic hydroxyl groups is 4. The molecule has 1 aliphatic heterocycles. The van der Waals surface area contributed by atoms with Gasteiger partial charge in [-0.05, 0) is 78.1 Å². The van der Waals surface area contributed by atoms with Crippen molar-refractivity contribution in [3.8, 4) is 23.0 Å². The van der Waals surface area contributed by atoms with Crippen LogP contribution in [0.15, 0.2) is 48.5 Å². The third-order valence-electron chi connectivity index (χ3n) is 7.06. The summed E-state index contributed by atoms with van der Waals surface area (Å²) in [5.74, 6) is 1.89. The van der Waals surface area contributed by atoms with Crippen molar-refractivity contribution >= 4 is 0 Å². The van der Waals surface area contributed by atoms with Gasteiger partial charge in [0.1, 0.15) is 26.4 Å². The number of aliphatic hydroxyl groups excluding tert-OH is 4. The summed E-state index contributed by atoms with van der Waals surface area (Å²) in [6.45, 7) is 0.187.